The molecule has 0 bridgehead atoms. The molecule has 1 aromatic rings. The largest absolute Gasteiger partial charge is 0.390 e. The average Bonchev–Trinajstić information content (AvgIpc) is 2.83. The molecular formula is C12H15FN2O. The Morgan fingerprint density at radius 1 is 1.38 bits per heavy atom. The Balaban J connectivity index is 1.93. The number of fused-ring (bicyclic) bond motifs is 1. The zero-order valence-corrected chi connectivity index (χ0v) is 8.99. The average molecular weight is 222 g/mol. The first-order chi connectivity index (χ1) is 7.75. The van der Waals surface area contributed by atoms with Crippen LogP contribution in [-0.4, -0.2) is 36.9 Å². The molecule has 0 radical (unpaired) electrons. The van der Waals surface area contributed by atoms with Crippen molar-refractivity contribution in [2.75, 3.05) is 24.5 Å². The SMILES string of the molecule is OC1CNCC1N1CCc2ccc(F)cc21. The van der Waals surface area contributed by atoms with Crippen molar-refractivity contribution in [1.82, 2.24) is 5.32 Å². The van der Waals surface area contributed by atoms with E-state index in [0.717, 1.165) is 25.2 Å². The summed E-state index contributed by atoms with van der Waals surface area (Å²) in [5.41, 5.74) is 2.13. The first-order valence-corrected chi connectivity index (χ1v) is 5.69. The van der Waals surface area contributed by atoms with Crippen LogP contribution in [0.25, 0.3) is 0 Å². The topological polar surface area (TPSA) is 35.5 Å². The summed E-state index contributed by atoms with van der Waals surface area (Å²) in [6.45, 7) is 2.28. The Hall–Kier alpha value is -1.13. The fraction of sp³-hybridized carbons (Fsp3) is 0.500. The number of nitrogens with zero attached hydrogens (tertiary/aromatic N) is 1. The van der Waals surface area contributed by atoms with E-state index in [1.165, 1.54) is 11.6 Å². The van der Waals surface area contributed by atoms with Crippen molar-refractivity contribution in [2.45, 2.75) is 18.6 Å². The molecule has 0 saturated carbocycles. The van der Waals surface area contributed by atoms with Crippen LogP contribution in [0.1, 0.15) is 5.56 Å². The number of β-amino-alcohol motifs (C(OH)–C–C–N with tert-alkyl or cyclic N) is 1. The van der Waals surface area contributed by atoms with Gasteiger partial charge < -0.3 is 15.3 Å². The molecule has 0 aromatic heterocycles. The van der Waals surface area contributed by atoms with Gasteiger partial charge in [0, 0.05) is 25.3 Å². The lowest BCUT2D eigenvalue weighted by molar-refractivity contribution is 0.175. The minimum atomic E-state index is -0.353. The molecule has 1 aromatic carbocycles. The molecule has 2 aliphatic rings. The first-order valence-electron chi connectivity index (χ1n) is 5.69. The van der Waals surface area contributed by atoms with Crippen LogP contribution in [0.15, 0.2) is 18.2 Å². The Morgan fingerprint density at radius 2 is 2.25 bits per heavy atom. The lowest BCUT2D eigenvalue weighted by atomic mass is 10.1. The van der Waals surface area contributed by atoms with E-state index < -0.39 is 0 Å². The number of anilines is 1. The summed E-state index contributed by atoms with van der Waals surface area (Å²) in [5.74, 6) is -0.203. The van der Waals surface area contributed by atoms with Crippen LogP contribution in [0.3, 0.4) is 0 Å². The van der Waals surface area contributed by atoms with E-state index in [1.54, 1.807) is 6.07 Å². The fourth-order valence-electron chi connectivity index (χ4n) is 2.69. The highest BCUT2D eigenvalue weighted by atomic mass is 19.1. The van der Waals surface area contributed by atoms with Gasteiger partial charge in [-0.05, 0) is 24.1 Å². The van der Waals surface area contributed by atoms with Crippen LogP contribution < -0.4 is 10.2 Å². The maximum absolute atomic E-state index is 13.2. The predicted octanol–water partition coefficient (Wildman–Crippen LogP) is 0.521. The standard InChI is InChI=1S/C12H15FN2O/c13-9-2-1-8-3-4-15(10(8)5-9)11-6-14-7-12(11)16/h1-2,5,11-12,14,16H,3-4,6-7H2. The molecule has 2 atom stereocenters. The zero-order chi connectivity index (χ0) is 11.1. The van der Waals surface area contributed by atoms with Crippen LogP contribution in [0.4, 0.5) is 10.1 Å². The molecule has 2 heterocycles. The summed E-state index contributed by atoms with van der Waals surface area (Å²) < 4.78 is 13.2. The number of hydrogen-bond acceptors (Lipinski definition) is 3. The van der Waals surface area contributed by atoms with Crippen molar-refractivity contribution < 1.29 is 9.50 Å². The summed E-state index contributed by atoms with van der Waals surface area (Å²) in [4.78, 5) is 2.13. The second kappa shape index (κ2) is 3.71. The minimum Gasteiger partial charge on any atom is -0.390 e. The zero-order valence-electron chi connectivity index (χ0n) is 8.99. The van der Waals surface area contributed by atoms with Gasteiger partial charge in [0.15, 0.2) is 0 Å². The summed E-state index contributed by atoms with van der Waals surface area (Å²) in [7, 11) is 0. The van der Waals surface area contributed by atoms with Crippen molar-refractivity contribution >= 4 is 5.69 Å². The lowest BCUT2D eigenvalue weighted by Crippen LogP contribution is -2.42. The van der Waals surface area contributed by atoms with E-state index >= 15 is 0 Å². The van der Waals surface area contributed by atoms with E-state index in [-0.39, 0.29) is 18.0 Å². The van der Waals surface area contributed by atoms with E-state index in [1.807, 2.05) is 6.07 Å². The van der Waals surface area contributed by atoms with Crippen LogP contribution in [0, 0.1) is 5.82 Å². The van der Waals surface area contributed by atoms with Gasteiger partial charge >= 0.3 is 0 Å². The second-order valence-corrected chi connectivity index (χ2v) is 4.51. The summed E-state index contributed by atoms with van der Waals surface area (Å²) in [5, 5.41) is 13.0. The van der Waals surface area contributed by atoms with Crippen LogP contribution in [0.5, 0.6) is 0 Å². The van der Waals surface area contributed by atoms with E-state index in [9.17, 15) is 9.50 Å². The molecule has 2 aliphatic heterocycles. The number of nitrogens with one attached hydrogen (secondary N) is 1. The van der Waals surface area contributed by atoms with Gasteiger partial charge in [-0.25, -0.2) is 4.39 Å². The molecule has 3 nitrogen and oxygen atoms in total. The molecule has 0 aliphatic carbocycles. The Kier molecular flexibility index (Phi) is 2.33. The summed E-state index contributed by atoms with van der Waals surface area (Å²) >= 11 is 0. The number of halogens is 1. The summed E-state index contributed by atoms with van der Waals surface area (Å²) in [6.07, 6.45) is 0.591. The molecule has 0 spiro atoms. The Bertz CT molecular complexity index is 410. The monoisotopic (exact) mass is 222 g/mol. The maximum atomic E-state index is 13.2. The van der Waals surface area contributed by atoms with Gasteiger partial charge in [-0.15, -0.1) is 0 Å². The third-order valence-corrected chi connectivity index (χ3v) is 3.53. The van der Waals surface area contributed by atoms with Crippen molar-refractivity contribution in [1.29, 1.82) is 0 Å². The molecule has 3 rings (SSSR count). The molecule has 0 amide bonds. The number of benzene rings is 1. The molecule has 1 saturated heterocycles. The number of hydrogen-bond donors (Lipinski definition) is 2. The third-order valence-electron chi connectivity index (χ3n) is 3.53. The van der Waals surface area contributed by atoms with Crippen LogP contribution in [-0.2, 0) is 6.42 Å². The van der Waals surface area contributed by atoms with Gasteiger partial charge in [0.1, 0.15) is 5.82 Å². The fourth-order valence-corrected chi connectivity index (χ4v) is 2.69. The van der Waals surface area contributed by atoms with Crippen LogP contribution >= 0.6 is 0 Å². The van der Waals surface area contributed by atoms with Gasteiger partial charge in [0.2, 0.25) is 0 Å². The number of aliphatic hydroxyl groups is 1. The van der Waals surface area contributed by atoms with Gasteiger partial charge in [-0.1, -0.05) is 6.07 Å². The molecule has 1 fully saturated rings. The van der Waals surface area contributed by atoms with Crippen molar-refractivity contribution in [3.63, 3.8) is 0 Å². The third kappa shape index (κ3) is 1.49. The molecular weight excluding hydrogens is 207 g/mol. The molecule has 2 unspecified atom stereocenters. The highest BCUT2D eigenvalue weighted by Crippen LogP contribution is 2.31. The lowest BCUT2D eigenvalue weighted by Gasteiger charge is -2.28. The van der Waals surface area contributed by atoms with Crippen LogP contribution in [0.2, 0.25) is 0 Å². The summed E-state index contributed by atoms with van der Waals surface area (Å²) in [6, 6.07) is 5.02. The van der Waals surface area contributed by atoms with Crippen molar-refractivity contribution in [3.05, 3.63) is 29.6 Å². The Labute approximate surface area is 93.9 Å². The quantitative estimate of drug-likeness (QED) is 0.727. The van der Waals surface area contributed by atoms with Gasteiger partial charge in [0.05, 0.1) is 12.1 Å². The highest BCUT2D eigenvalue weighted by molar-refractivity contribution is 5.59. The minimum absolute atomic E-state index is 0.0862. The smallest absolute Gasteiger partial charge is 0.125 e. The molecule has 2 N–H and O–H groups in total. The van der Waals surface area contributed by atoms with Gasteiger partial charge in [0.25, 0.3) is 0 Å². The normalized spacial score (nSPS) is 28.5. The number of rotatable bonds is 1. The van der Waals surface area contributed by atoms with E-state index in [4.69, 9.17) is 0 Å². The van der Waals surface area contributed by atoms with E-state index in [0.29, 0.717) is 6.54 Å². The van der Waals surface area contributed by atoms with Gasteiger partial charge in [-0.2, -0.15) is 0 Å². The second-order valence-electron chi connectivity index (χ2n) is 4.51. The van der Waals surface area contributed by atoms with Crippen molar-refractivity contribution in [2.24, 2.45) is 0 Å². The van der Waals surface area contributed by atoms with Crippen molar-refractivity contribution in [3.8, 4) is 0 Å². The number of aliphatic hydroxyl groups excluding tert-OH is 1. The van der Waals surface area contributed by atoms with E-state index in [2.05, 4.69) is 10.2 Å². The first kappa shape index (κ1) is 10.1. The Morgan fingerprint density at radius 3 is 3.00 bits per heavy atom. The maximum Gasteiger partial charge on any atom is 0.125 e. The highest BCUT2D eigenvalue weighted by Gasteiger charge is 2.34. The molecule has 4 heteroatoms. The molecule has 16 heavy (non-hydrogen) atoms. The van der Waals surface area contributed by atoms with Gasteiger partial charge in [-0.3, -0.25) is 0 Å². The predicted molar refractivity (Wildman–Crippen MR) is 60.1 cm³/mol. The molecule has 86 valence electrons.